The highest BCUT2D eigenvalue weighted by Gasteiger charge is 2.35. The summed E-state index contributed by atoms with van der Waals surface area (Å²) in [4.78, 5) is 12.1. The summed E-state index contributed by atoms with van der Waals surface area (Å²) < 4.78 is 38.7. The molecule has 6 heteroatoms. The maximum Gasteiger partial charge on any atom is 0.417 e. The molecule has 2 N–H and O–H groups in total. The van der Waals surface area contributed by atoms with Crippen LogP contribution in [0.2, 0.25) is 0 Å². The third-order valence-electron chi connectivity index (χ3n) is 4.09. The maximum atomic E-state index is 12.9. The van der Waals surface area contributed by atoms with Gasteiger partial charge in [0.25, 0.3) is 5.91 Å². The van der Waals surface area contributed by atoms with E-state index in [9.17, 15) is 23.1 Å². The van der Waals surface area contributed by atoms with Crippen LogP contribution in [0.4, 0.5) is 13.2 Å². The maximum absolute atomic E-state index is 12.9. The average molecular weight is 315 g/mol. The molecule has 1 aromatic rings. The van der Waals surface area contributed by atoms with Crippen LogP contribution in [0.15, 0.2) is 24.3 Å². The standard InChI is InChI=1S/C16H20F3NO2/c17-16(18,19)13-8-4-3-7-12(13)14(21)20-11-15(22)9-5-1-2-6-10-15/h3-4,7-8,22H,1-2,5-6,9-11H2,(H,20,21). The van der Waals surface area contributed by atoms with Gasteiger partial charge in [-0.1, -0.05) is 37.8 Å². The van der Waals surface area contributed by atoms with Gasteiger partial charge in [-0.05, 0) is 25.0 Å². The zero-order chi connectivity index (χ0) is 16.2. The molecule has 1 amide bonds. The summed E-state index contributed by atoms with van der Waals surface area (Å²) in [5.41, 5.74) is -2.38. The van der Waals surface area contributed by atoms with E-state index in [1.807, 2.05) is 0 Å². The summed E-state index contributed by atoms with van der Waals surface area (Å²) in [6.45, 7) is -0.0158. The summed E-state index contributed by atoms with van der Waals surface area (Å²) >= 11 is 0. The molecule has 0 atom stereocenters. The molecule has 1 aliphatic carbocycles. The van der Waals surface area contributed by atoms with Crippen LogP contribution in [0.1, 0.15) is 54.4 Å². The molecule has 3 nitrogen and oxygen atoms in total. The molecule has 1 aromatic carbocycles. The third kappa shape index (κ3) is 4.22. The summed E-state index contributed by atoms with van der Waals surface area (Å²) in [7, 11) is 0. The number of amides is 1. The summed E-state index contributed by atoms with van der Waals surface area (Å²) in [6.07, 6.45) is 0.354. The molecule has 0 aromatic heterocycles. The molecule has 22 heavy (non-hydrogen) atoms. The lowest BCUT2D eigenvalue weighted by Gasteiger charge is -2.27. The molecule has 0 saturated heterocycles. The van der Waals surface area contributed by atoms with Crippen molar-refractivity contribution in [2.75, 3.05) is 6.54 Å². The molecule has 1 saturated carbocycles. The molecule has 122 valence electrons. The molecule has 0 heterocycles. The van der Waals surface area contributed by atoms with E-state index < -0.39 is 28.8 Å². The first-order valence-electron chi connectivity index (χ1n) is 7.49. The molecule has 0 aliphatic heterocycles. The highest BCUT2D eigenvalue weighted by Crippen LogP contribution is 2.32. The monoisotopic (exact) mass is 315 g/mol. The van der Waals surface area contributed by atoms with Gasteiger partial charge in [0.05, 0.1) is 16.7 Å². The second kappa shape index (κ2) is 6.69. The Hall–Kier alpha value is -1.56. The Labute approximate surface area is 127 Å². The van der Waals surface area contributed by atoms with Crippen molar-refractivity contribution in [1.82, 2.24) is 5.32 Å². The number of halogens is 3. The molecular weight excluding hydrogens is 295 g/mol. The van der Waals surface area contributed by atoms with Gasteiger partial charge in [0.2, 0.25) is 0 Å². The molecule has 0 bridgehead atoms. The normalized spacial score (nSPS) is 18.5. The van der Waals surface area contributed by atoms with Crippen molar-refractivity contribution in [3.8, 4) is 0 Å². The first-order chi connectivity index (χ1) is 10.3. The van der Waals surface area contributed by atoms with Gasteiger partial charge >= 0.3 is 6.18 Å². The predicted molar refractivity (Wildman–Crippen MR) is 76.4 cm³/mol. The van der Waals surface area contributed by atoms with Crippen LogP contribution in [-0.2, 0) is 6.18 Å². The minimum atomic E-state index is -4.58. The second-order valence-electron chi connectivity index (χ2n) is 5.86. The molecule has 1 fully saturated rings. The zero-order valence-electron chi connectivity index (χ0n) is 12.2. The lowest BCUT2D eigenvalue weighted by Crippen LogP contribution is -2.43. The highest BCUT2D eigenvalue weighted by molar-refractivity contribution is 5.95. The SMILES string of the molecule is O=C(NCC1(O)CCCCCC1)c1ccccc1C(F)(F)F. The largest absolute Gasteiger partial charge is 0.417 e. The van der Waals surface area contributed by atoms with Crippen LogP contribution >= 0.6 is 0 Å². The van der Waals surface area contributed by atoms with Crippen molar-refractivity contribution in [2.45, 2.75) is 50.3 Å². The number of carbonyl (C=O) groups excluding carboxylic acids is 1. The van der Waals surface area contributed by atoms with Gasteiger partial charge in [-0.25, -0.2) is 0 Å². The molecule has 0 unspecified atom stereocenters. The van der Waals surface area contributed by atoms with Gasteiger partial charge in [0, 0.05) is 6.54 Å². The lowest BCUT2D eigenvalue weighted by atomic mass is 9.94. The summed E-state index contributed by atoms with van der Waals surface area (Å²) in [5, 5.41) is 12.9. The van der Waals surface area contributed by atoms with E-state index in [-0.39, 0.29) is 6.54 Å². The van der Waals surface area contributed by atoms with E-state index in [1.54, 1.807) is 0 Å². The number of rotatable bonds is 3. The Morgan fingerprint density at radius 1 is 1.14 bits per heavy atom. The van der Waals surface area contributed by atoms with Crippen LogP contribution in [0, 0.1) is 0 Å². The van der Waals surface area contributed by atoms with Crippen LogP contribution in [-0.4, -0.2) is 23.2 Å². The van der Waals surface area contributed by atoms with E-state index in [1.165, 1.54) is 12.1 Å². The van der Waals surface area contributed by atoms with Gasteiger partial charge in [0.1, 0.15) is 0 Å². The first kappa shape index (κ1) is 16.8. The Bertz CT molecular complexity index is 520. The van der Waals surface area contributed by atoms with Crippen LogP contribution in [0.3, 0.4) is 0 Å². The van der Waals surface area contributed by atoms with Crippen LogP contribution in [0.25, 0.3) is 0 Å². The van der Waals surface area contributed by atoms with Crippen molar-refractivity contribution < 1.29 is 23.1 Å². The minimum absolute atomic E-state index is 0.0158. The van der Waals surface area contributed by atoms with Crippen molar-refractivity contribution in [3.05, 3.63) is 35.4 Å². The average Bonchev–Trinajstić information content (AvgIpc) is 2.69. The Balaban J connectivity index is 2.07. The number of hydrogen-bond acceptors (Lipinski definition) is 2. The molecule has 0 spiro atoms. The zero-order valence-corrected chi connectivity index (χ0v) is 12.2. The Morgan fingerprint density at radius 2 is 1.73 bits per heavy atom. The van der Waals surface area contributed by atoms with E-state index in [4.69, 9.17) is 0 Å². The van der Waals surface area contributed by atoms with Crippen molar-refractivity contribution in [2.24, 2.45) is 0 Å². The Morgan fingerprint density at radius 3 is 2.32 bits per heavy atom. The van der Waals surface area contributed by atoms with Crippen LogP contribution in [0.5, 0.6) is 0 Å². The highest BCUT2D eigenvalue weighted by atomic mass is 19.4. The Kier molecular flexibility index (Phi) is 5.11. The fourth-order valence-corrected chi connectivity index (χ4v) is 2.83. The molecule has 0 radical (unpaired) electrons. The number of hydrogen-bond donors (Lipinski definition) is 2. The topological polar surface area (TPSA) is 49.3 Å². The van der Waals surface area contributed by atoms with E-state index in [2.05, 4.69) is 5.32 Å². The number of carbonyl (C=O) groups is 1. The van der Waals surface area contributed by atoms with E-state index in [0.717, 1.165) is 37.8 Å². The number of nitrogens with one attached hydrogen (secondary N) is 1. The van der Waals surface area contributed by atoms with Crippen molar-refractivity contribution in [1.29, 1.82) is 0 Å². The summed E-state index contributed by atoms with van der Waals surface area (Å²) in [6, 6.07) is 4.67. The van der Waals surface area contributed by atoms with Crippen molar-refractivity contribution in [3.63, 3.8) is 0 Å². The smallest absolute Gasteiger partial charge is 0.388 e. The predicted octanol–water partition coefficient (Wildman–Crippen LogP) is 3.52. The third-order valence-corrected chi connectivity index (χ3v) is 4.09. The fourth-order valence-electron chi connectivity index (χ4n) is 2.83. The van der Waals surface area contributed by atoms with Gasteiger partial charge in [-0.3, -0.25) is 4.79 Å². The lowest BCUT2D eigenvalue weighted by molar-refractivity contribution is -0.137. The molecule has 1 aliphatic rings. The van der Waals surface area contributed by atoms with Gasteiger partial charge in [-0.15, -0.1) is 0 Å². The van der Waals surface area contributed by atoms with Crippen molar-refractivity contribution >= 4 is 5.91 Å². The number of aliphatic hydroxyl groups is 1. The molecular formula is C16H20F3NO2. The van der Waals surface area contributed by atoms with Gasteiger partial charge < -0.3 is 10.4 Å². The van der Waals surface area contributed by atoms with Crippen LogP contribution < -0.4 is 5.32 Å². The number of benzene rings is 1. The second-order valence-corrected chi connectivity index (χ2v) is 5.86. The van der Waals surface area contributed by atoms with Gasteiger partial charge in [-0.2, -0.15) is 13.2 Å². The number of alkyl halides is 3. The van der Waals surface area contributed by atoms with E-state index in [0.29, 0.717) is 12.8 Å². The molecule has 2 rings (SSSR count). The van der Waals surface area contributed by atoms with E-state index >= 15 is 0 Å². The quantitative estimate of drug-likeness (QED) is 0.839. The summed E-state index contributed by atoms with van der Waals surface area (Å²) in [5.74, 6) is -0.800. The van der Waals surface area contributed by atoms with Gasteiger partial charge in [0.15, 0.2) is 0 Å². The fraction of sp³-hybridized carbons (Fsp3) is 0.562. The minimum Gasteiger partial charge on any atom is -0.388 e. The first-order valence-corrected chi connectivity index (χ1v) is 7.49.